The summed E-state index contributed by atoms with van der Waals surface area (Å²) in [5.74, 6) is 0.493. The highest BCUT2D eigenvalue weighted by Crippen LogP contribution is 2.17. The number of aliphatic hydroxyl groups is 1. The summed E-state index contributed by atoms with van der Waals surface area (Å²) in [7, 11) is 0. The molecule has 0 aliphatic rings. The number of aliphatic hydroxyl groups excluding tert-OH is 1. The van der Waals surface area contributed by atoms with Crippen LogP contribution in [0.15, 0.2) is 12.3 Å². The van der Waals surface area contributed by atoms with Gasteiger partial charge in [0.05, 0.1) is 18.4 Å². The Morgan fingerprint density at radius 2 is 2.31 bits per heavy atom. The second-order valence-corrected chi connectivity index (χ2v) is 3.69. The summed E-state index contributed by atoms with van der Waals surface area (Å²) >= 11 is 0. The van der Waals surface area contributed by atoms with E-state index in [1.54, 1.807) is 6.07 Å². The minimum Gasteiger partial charge on any atom is -0.395 e. The zero-order chi connectivity index (χ0) is 12.1. The van der Waals surface area contributed by atoms with Crippen LogP contribution in [-0.4, -0.2) is 40.3 Å². The minimum atomic E-state index is -0.0477. The van der Waals surface area contributed by atoms with Crippen molar-refractivity contribution in [1.82, 2.24) is 10.2 Å². The maximum absolute atomic E-state index is 9.00. The maximum Gasteiger partial charge on any atom is 0.162 e. The number of nitrogens with two attached hydrogens (primary N) is 1. The highest BCUT2D eigenvalue weighted by molar-refractivity contribution is 5.99. The van der Waals surface area contributed by atoms with Crippen LogP contribution in [-0.2, 0) is 0 Å². The molecule has 1 aromatic heterocycles. The fraction of sp³-hybridized carbons (Fsp3) is 0.500. The van der Waals surface area contributed by atoms with Crippen LogP contribution in [0.3, 0.4) is 0 Å². The van der Waals surface area contributed by atoms with Crippen LogP contribution in [0.4, 0.5) is 5.82 Å². The zero-order valence-corrected chi connectivity index (χ0v) is 9.51. The van der Waals surface area contributed by atoms with Crippen LogP contribution in [0.25, 0.3) is 0 Å². The first kappa shape index (κ1) is 12.4. The van der Waals surface area contributed by atoms with Crippen molar-refractivity contribution in [2.24, 2.45) is 5.73 Å². The van der Waals surface area contributed by atoms with E-state index >= 15 is 0 Å². The highest BCUT2D eigenvalue weighted by Gasteiger charge is 2.17. The van der Waals surface area contributed by atoms with E-state index in [-0.39, 0.29) is 18.5 Å². The first-order chi connectivity index (χ1) is 7.57. The maximum atomic E-state index is 9.00. The second kappa shape index (κ2) is 5.41. The van der Waals surface area contributed by atoms with Gasteiger partial charge in [0.1, 0.15) is 5.84 Å². The number of hydrogen-bond donors (Lipinski definition) is 3. The number of amidine groups is 1. The fourth-order valence-electron chi connectivity index (χ4n) is 1.46. The Morgan fingerprint density at radius 1 is 1.62 bits per heavy atom. The van der Waals surface area contributed by atoms with Crippen LogP contribution in [0.5, 0.6) is 0 Å². The Labute approximate surface area is 94.6 Å². The van der Waals surface area contributed by atoms with E-state index in [2.05, 4.69) is 10.2 Å². The molecule has 6 nitrogen and oxygen atoms in total. The molecule has 0 aromatic carbocycles. The van der Waals surface area contributed by atoms with Crippen LogP contribution in [0.1, 0.15) is 19.4 Å². The van der Waals surface area contributed by atoms with Gasteiger partial charge >= 0.3 is 0 Å². The predicted octanol–water partition coefficient (Wildman–Crippen LogP) is -0.0322. The van der Waals surface area contributed by atoms with E-state index in [9.17, 15) is 0 Å². The van der Waals surface area contributed by atoms with Gasteiger partial charge in [-0.05, 0) is 19.9 Å². The van der Waals surface area contributed by atoms with Gasteiger partial charge in [-0.15, -0.1) is 5.10 Å². The third-order valence-electron chi connectivity index (χ3n) is 2.23. The summed E-state index contributed by atoms with van der Waals surface area (Å²) in [6.07, 6.45) is 1.50. The summed E-state index contributed by atoms with van der Waals surface area (Å²) in [5, 5.41) is 24.2. The predicted molar refractivity (Wildman–Crippen MR) is 62.6 cm³/mol. The van der Waals surface area contributed by atoms with Crippen molar-refractivity contribution in [3.05, 3.63) is 17.8 Å². The van der Waals surface area contributed by atoms with Crippen molar-refractivity contribution < 1.29 is 5.11 Å². The summed E-state index contributed by atoms with van der Waals surface area (Å²) in [6.45, 7) is 4.42. The fourth-order valence-corrected chi connectivity index (χ4v) is 1.46. The molecule has 0 fully saturated rings. The summed E-state index contributed by atoms with van der Waals surface area (Å²) in [6, 6.07) is 1.80. The number of anilines is 1. The van der Waals surface area contributed by atoms with Crippen molar-refractivity contribution in [3.8, 4) is 0 Å². The van der Waals surface area contributed by atoms with Crippen molar-refractivity contribution in [2.45, 2.75) is 19.9 Å². The number of nitrogens with zero attached hydrogens (tertiary/aromatic N) is 3. The highest BCUT2D eigenvalue weighted by atomic mass is 16.3. The molecule has 0 unspecified atom stereocenters. The van der Waals surface area contributed by atoms with Crippen LogP contribution < -0.4 is 10.6 Å². The Hall–Kier alpha value is -1.69. The van der Waals surface area contributed by atoms with Gasteiger partial charge in [0.25, 0.3) is 0 Å². The molecule has 1 heterocycles. The Bertz CT molecular complexity index is 366. The van der Waals surface area contributed by atoms with E-state index in [1.807, 2.05) is 18.7 Å². The smallest absolute Gasteiger partial charge is 0.162 e. The zero-order valence-electron chi connectivity index (χ0n) is 9.51. The van der Waals surface area contributed by atoms with Crippen molar-refractivity contribution in [1.29, 1.82) is 5.41 Å². The molecule has 0 saturated carbocycles. The van der Waals surface area contributed by atoms with Crippen LogP contribution in [0, 0.1) is 5.41 Å². The Balaban J connectivity index is 3.12. The van der Waals surface area contributed by atoms with E-state index in [0.29, 0.717) is 17.9 Å². The molecule has 88 valence electrons. The Morgan fingerprint density at radius 3 is 2.81 bits per heavy atom. The third kappa shape index (κ3) is 2.66. The van der Waals surface area contributed by atoms with Crippen molar-refractivity contribution >= 4 is 11.7 Å². The van der Waals surface area contributed by atoms with Gasteiger partial charge in [-0.1, -0.05) is 0 Å². The van der Waals surface area contributed by atoms with Crippen molar-refractivity contribution in [2.75, 3.05) is 18.1 Å². The number of rotatable bonds is 5. The van der Waals surface area contributed by atoms with Gasteiger partial charge in [0.15, 0.2) is 5.82 Å². The molecule has 4 N–H and O–H groups in total. The van der Waals surface area contributed by atoms with E-state index in [4.69, 9.17) is 16.2 Å². The largest absolute Gasteiger partial charge is 0.395 e. The molecule has 6 heteroatoms. The lowest BCUT2D eigenvalue weighted by Gasteiger charge is -2.27. The topological polar surface area (TPSA) is 99.1 Å². The summed E-state index contributed by atoms with van der Waals surface area (Å²) in [4.78, 5) is 1.86. The quantitative estimate of drug-likeness (QED) is 0.481. The molecule has 1 rings (SSSR count). The molecular formula is C10H17N5O. The summed E-state index contributed by atoms with van der Waals surface area (Å²) < 4.78 is 0. The average molecular weight is 223 g/mol. The number of aromatic nitrogens is 2. The van der Waals surface area contributed by atoms with E-state index in [0.717, 1.165) is 0 Å². The molecule has 0 saturated heterocycles. The molecule has 16 heavy (non-hydrogen) atoms. The first-order valence-electron chi connectivity index (χ1n) is 5.11. The lowest BCUT2D eigenvalue weighted by molar-refractivity contribution is 0.298. The molecule has 0 atom stereocenters. The van der Waals surface area contributed by atoms with Gasteiger partial charge < -0.3 is 15.7 Å². The SMILES string of the molecule is CC(C)N(CCO)c1nnccc1C(=N)N. The molecule has 1 aromatic rings. The normalized spacial score (nSPS) is 10.5. The molecule has 0 aliphatic heterocycles. The molecular weight excluding hydrogens is 206 g/mol. The van der Waals surface area contributed by atoms with Gasteiger partial charge in [-0.3, -0.25) is 5.41 Å². The monoisotopic (exact) mass is 223 g/mol. The molecule has 0 aliphatic carbocycles. The van der Waals surface area contributed by atoms with Crippen LogP contribution in [0.2, 0.25) is 0 Å². The molecule has 0 bridgehead atoms. The van der Waals surface area contributed by atoms with Crippen molar-refractivity contribution in [3.63, 3.8) is 0 Å². The lowest BCUT2D eigenvalue weighted by Crippen LogP contribution is -2.36. The van der Waals surface area contributed by atoms with Gasteiger partial charge in [0.2, 0.25) is 0 Å². The summed E-state index contributed by atoms with van der Waals surface area (Å²) in [5.41, 5.74) is 6.01. The Kier molecular flexibility index (Phi) is 4.19. The number of nitrogen functional groups attached to an aromatic ring is 1. The average Bonchev–Trinajstić information content (AvgIpc) is 2.25. The molecule has 0 spiro atoms. The second-order valence-electron chi connectivity index (χ2n) is 3.69. The molecule has 0 amide bonds. The van der Waals surface area contributed by atoms with Gasteiger partial charge in [-0.25, -0.2) is 0 Å². The third-order valence-corrected chi connectivity index (χ3v) is 2.23. The minimum absolute atomic E-state index is 0.0199. The van der Waals surface area contributed by atoms with Gasteiger partial charge in [-0.2, -0.15) is 5.10 Å². The lowest BCUT2D eigenvalue weighted by atomic mass is 10.2. The number of nitrogens with one attached hydrogen (secondary N) is 1. The molecule has 0 radical (unpaired) electrons. The van der Waals surface area contributed by atoms with E-state index < -0.39 is 0 Å². The van der Waals surface area contributed by atoms with E-state index in [1.165, 1.54) is 6.20 Å². The van der Waals surface area contributed by atoms with Crippen LogP contribution >= 0.6 is 0 Å². The number of hydrogen-bond acceptors (Lipinski definition) is 5. The standard InChI is InChI=1S/C10H17N5O/c1-7(2)15(5-6-16)10-8(9(11)12)3-4-13-14-10/h3-4,7,16H,5-6H2,1-2H3,(H3,11,12). The van der Waals surface area contributed by atoms with Gasteiger partial charge in [0, 0.05) is 12.6 Å². The first-order valence-corrected chi connectivity index (χ1v) is 5.11.